The molecule has 0 unspecified atom stereocenters. The number of carbonyl (C=O) groups is 3. The number of likely N-dealkylation sites (N-methyl/N-ethyl adjacent to an activating group) is 1. The van der Waals surface area contributed by atoms with Gasteiger partial charge in [0.1, 0.15) is 11.2 Å². The molecule has 30 heavy (non-hydrogen) atoms. The van der Waals surface area contributed by atoms with Gasteiger partial charge in [0.25, 0.3) is 11.8 Å². The van der Waals surface area contributed by atoms with E-state index in [9.17, 15) is 14.4 Å². The minimum atomic E-state index is -1.05. The highest BCUT2D eigenvalue weighted by atomic mass is 16.2. The van der Waals surface area contributed by atoms with E-state index in [1.165, 1.54) is 28.5 Å². The molecule has 0 bridgehead atoms. The number of fused-ring (bicyclic) bond motifs is 1. The fourth-order valence-corrected chi connectivity index (χ4v) is 4.17. The van der Waals surface area contributed by atoms with Gasteiger partial charge >= 0.3 is 0 Å². The topological polar surface area (TPSA) is 96.3 Å². The van der Waals surface area contributed by atoms with E-state index in [0.717, 1.165) is 32.1 Å². The van der Waals surface area contributed by atoms with Crippen molar-refractivity contribution in [1.82, 2.24) is 25.3 Å². The summed E-state index contributed by atoms with van der Waals surface area (Å²) in [6, 6.07) is 1.67. The Morgan fingerprint density at radius 3 is 2.53 bits per heavy atom. The standard InChI is InChI=1S/C22H35N5O3/c1-15(2)11-12-23-19(28)17-13-18-20(29)26(4)22(3,14-27(18)25-17)21(30)24-16-9-7-5-6-8-10-16/h13,15-16H,5-12,14H2,1-4H3,(H,23,28)(H,24,30)/t22-/m1/s1. The molecule has 1 atom stereocenters. The molecule has 0 saturated heterocycles. The number of nitrogens with one attached hydrogen (secondary N) is 2. The van der Waals surface area contributed by atoms with Gasteiger partial charge in [-0.25, -0.2) is 0 Å². The van der Waals surface area contributed by atoms with Crippen LogP contribution in [0.2, 0.25) is 0 Å². The molecule has 0 spiro atoms. The SMILES string of the molecule is CC(C)CCNC(=O)c1cc2n(n1)C[C@](C)(C(=O)NC1CCCCCC1)N(C)C2=O. The van der Waals surface area contributed by atoms with Crippen LogP contribution in [0.1, 0.15) is 86.7 Å². The first-order chi connectivity index (χ1) is 14.2. The van der Waals surface area contributed by atoms with Gasteiger partial charge < -0.3 is 15.5 Å². The van der Waals surface area contributed by atoms with Crippen molar-refractivity contribution in [1.29, 1.82) is 0 Å². The van der Waals surface area contributed by atoms with Gasteiger partial charge in [-0.15, -0.1) is 0 Å². The summed E-state index contributed by atoms with van der Waals surface area (Å²) < 4.78 is 1.51. The molecule has 1 saturated carbocycles. The summed E-state index contributed by atoms with van der Waals surface area (Å²) >= 11 is 0. The fraction of sp³-hybridized carbons (Fsp3) is 0.727. The van der Waals surface area contributed by atoms with E-state index in [-0.39, 0.29) is 36.0 Å². The van der Waals surface area contributed by atoms with E-state index in [1.807, 2.05) is 0 Å². The normalized spacial score (nSPS) is 22.6. The Morgan fingerprint density at radius 1 is 1.23 bits per heavy atom. The van der Waals surface area contributed by atoms with Crippen LogP contribution < -0.4 is 10.6 Å². The van der Waals surface area contributed by atoms with E-state index in [4.69, 9.17) is 0 Å². The van der Waals surface area contributed by atoms with Gasteiger partial charge in [0.15, 0.2) is 5.69 Å². The number of carbonyl (C=O) groups excluding carboxylic acids is 3. The Balaban J connectivity index is 1.73. The van der Waals surface area contributed by atoms with Gasteiger partial charge in [-0.2, -0.15) is 5.10 Å². The molecular formula is C22H35N5O3. The fourth-order valence-electron chi connectivity index (χ4n) is 4.17. The van der Waals surface area contributed by atoms with Crippen molar-refractivity contribution in [2.45, 2.75) is 83.8 Å². The molecule has 0 radical (unpaired) electrons. The smallest absolute Gasteiger partial charge is 0.272 e. The maximum absolute atomic E-state index is 13.2. The molecule has 1 aromatic heterocycles. The lowest BCUT2D eigenvalue weighted by Gasteiger charge is -2.41. The predicted molar refractivity (Wildman–Crippen MR) is 114 cm³/mol. The van der Waals surface area contributed by atoms with Crippen molar-refractivity contribution in [2.75, 3.05) is 13.6 Å². The molecule has 1 aliphatic carbocycles. The third-order valence-corrected chi connectivity index (χ3v) is 6.42. The van der Waals surface area contributed by atoms with Crippen LogP contribution in [0.25, 0.3) is 0 Å². The molecule has 1 aliphatic heterocycles. The van der Waals surface area contributed by atoms with Crippen molar-refractivity contribution in [3.63, 3.8) is 0 Å². The number of rotatable bonds is 6. The van der Waals surface area contributed by atoms with Gasteiger partial charge in [-0.05, 0) is 32.1 Å². The molecule has 0 aromatic carbocycles. The number of nitrogens with zero attached hydrogens (tertiary/aromatic N) is 3. The van der Waals surface area contributed by atoms with Crippen LogP contribution in [0.5, 0.6) is 0 Å². The largest absolute Gasteiger partial charge is 0.351 e. The third-order valence-electron chi connectivity index (χ3n) is 6.42. The maximum atomic E-state index is 13.2. The second-order valence-electron chi connectivity index (χ2n) is 9.31. The average molecular weight is 418 g/mol. The van der Waals surface area contributed by atoms with Crippen molar-refractivity contribution >= 4 is 17.7 Å². The molecular weight excluding hydrogens is 382 g/mol. The second-order valence-corrected chi connectivity index (χ2v) is 9.31. The first-order valence-electron chi connectivity index (χ1n) is 11.2. The lowest BCUT2D eigenvalue weighted by Crippen LogP contribution is -2.63. The monoisotopic (exact) mass is 417 g/mol. The van der Waals surface area contributed by atoms with Crippen LogP contribution in [0.15, 0.2) is 6.07 Å². The molecule has 2 N–H and O–H groups in total. The van der Waals surface area contributed by atoms with Gasteiger partial charge in [-0.1, -0.05) is 39.5 Å². The van der Waals surface area contributed by atoms with E-state index in [0.29, 0.717) is 18.2 Å². The zero-order chi connectivity index (χ0) is 21.9. The Morgan fingerprint density at radius 2 is 1.90 bits per heavy atom. The van der Waals surface area contributed by atoms with Crippen molar-refractivity contribution in [2.24, 2.45) is 5.92 Å². The number of amides is 3. The first-order valence-corrected chi connectivity index (χ1v) is 11.2. The molecule has 3 amide bonds. The molecule has 1 aromatic rings. The summed E-state index contributed by atoms with van der Waals surface area (Å²) in [5.74, 6) is -0.260. The number of hydrogen-bond donors (Lipinski definition) is 2. The summed E-state index contributed by atoms with van der Waals surface area (Å²) in [6.45, 7) is 6.74. The lowest BCUT2D eigenvalue weighted by atomic mass is 9.95. The Hall–Kier alpha value is -2.38. The molecule has 2 heterocycles. The molecule has 166 valence electrons. The van der Waals surface area contributed by atoms with Crippen LogP contribution in [-0.2, 0) is 11.3 Å². The highest BCUT2D eigenvalue weighted by molar-refractivity contribution is 6.01. The summed E-state index contributed by atoms with van der Waals surface area (Å²) in [4.78, 5) is 40.1. The van der Waals surface area contributed by atoms with Gasteiger partial charge in [0.05, 0.1) is 6.54 Å². The minimum absolute atomic E-state index is 0.154. The maximum Gasteiger partial charge on any atom is 0.272 e. The van der Waals surface area contributed by atoms with Crippen LogP contribution in [0.3, 0.4) is 0 Å². The Labute approximate surface area is 178 Å². The zero-order valence-corrected chi connectivity index (χ0v) is 18.7. The van der Waals surface area contributed by atoms with E-state index in [2.05, 4.69) is 29.6 Å². The van der Waals surface area contributed by atoms with Gasteiger partial charge in [0.2, 0.25) is 5.91 Å². The molecule has 3 rings (SSSR count). The van der Waals surface area contributed by atoms with Gasteiger partial charge in [0, 0.05) is 25.7 Å². The summed E-state index contributed by atoms with van der Waals surface area (Å²) in [7, 11) is 1.65. The van der Waals surface area contributed by atoms with Gasteiger partial charge in [-0.3, -0.25) is 19.1 Å². The Kier molecular flexibility index (Phi) is 6.83. The highest BCUT2D eigenvalue weighted by Gasteiger charge is 2.46. The first kappa shape index (κ1) is 22.3. The van der Waals surface area contributed by atoms with E-state index >= 15 is 0 Å². The summed E-state index contributed by atoms with van der Waals surface area (Å²) in [6.07, 6.45) is 7.49. The average Bonchev–Trinajstić information content (AvgIpc) is 2.94. The van der Waals surface area contributed by atoms with Crippen molar-refractivity contribution in [3.05, 3.63) is 17.5 Å². The molecule has 8 heteroatoms. The third kappa shape index (κ3) is 4.68. The van der Waals surface area contributed by atoms with Crippen LogP contribution >= 0.6 is 0 Å². The predicted octanol–water partition coefficient (Wildman–Crippen LogP) is 2.34. The van der Waals surface area contributed by atoms with Crippen LogP contribution in [0, 0.1) is 5.92 Å². The molecule has 8 nitrogen and oxygen atoms in total. The quantitative estimate of drug-likeness (QED) is 0.695. The van der Waals surface area contributed by atoms with Crippen LogP contribution in [-0.4, -0.2) is 57.6 Å². The molecule has 1 fully saturated rings. The van der Waals surface area contributed by atoms with E-state index < -0.39 is 5.54 Å². The van der Waals surface area contributed by atoms with Crippen molar-refractivity contribution in [3.8, 4) is 0 Å². The summed E-state index contributed by atoms with van der Waals surface area (Å²) in [5.41, 5.74) is -0.497. The zero-order valence-electron chi connectivity index (χ0n) is 18.7. The highest BCUT2D eigenvalue weighted by Crippen LogP contribution is 2.27. The van der Waals surface area contributed by atoms with E-state index in [1.54, 1.807) is 14.0 Å². The van der Waals surface area contributed by atoms with Crippen molar-refractivity contribution < 1.29 is 14.4 Å². The van der Waals surface area contributed by atoms with Crippen LogP contribution in [0.4, 0.5) is 0 Å². The number of aromatic nitrogens is 2. The lowest BCUT2D eigenvalue weighted by molar-refractivity contribution is -0.133. The second kappa shape index (κ2) is 9.18. The number of hydrogen-bond acceptors (Lipinski definition) is 4. The Bertz CT molecular complexity index is 795. The minimum Gasteiger partial charge on any atom is -0.351 e. The molecule has 2 aliphatic rings. The summed E-state index contributed by atoms with van der Waals surface area (Å²) in [5, 5.41) is 10.4.